The summed E-state index contributed by atoms with van der Waals surface area (Å²) in [5, 5.41) is 0.122. The molecular weight excluding hydrogens is 310 g/mol. The summed E-state index contributed by atoms with van der Waals surface area (Å²) in [5.74, 6) is 1.05. The van der Waals surface area contributed by atoms with Crippen LogP contribution in [0.25, 0.3) is 11.0 Å². The topological polar surface area (TPSA) is 17.8 Å². The molecule has 0 N–H and O–H groups in total. The average molecular weight is 329 g/mol. The van der Waals surface area contributed by atoms with Gasteiger partial charge in [0.1, 0.15) is 11.6 Å². The number of rotatable bonds is 4. The van der Waals surface area contributed by atoms with Gasteiger partial charge in [-0.25, -0.2) is 9.37 Å². The number of nitrogens with zero attached hydrogens (tertiary/aromatic N) is 2. The lowest BCUT2D eigenvalue weighted by atomic mass is 9.88. The van der Waals surface area contributed by atoms with Crippen molar-refractivity contribution in [2.45, 2.75) is 45.6 Å². The van der Waals surface area contributed by atoms with Gasteiger partial charge in [-0.15, -0.1) is 11.6 Å². The van der Waals surface area contributed by atoms with Crippen LogP contribution in [0.5, 0.6) is 0 Å². The van der Waals surface area contributed by atoms with E-state index in [0.29, 0.717) is 12.3 Å². The smallest absolute Gasteiger partial charge is 0.144 e. The quantitative estimate of drug-likeness (QED) is 0.706. The number of benzene rings is 1. The van der Waals surface area contributed by atoms with E-state index in [1.165, 1.54) is 31.7 Å². The molecule has 1 aliphatic carbocycles. The highest BCUT2D eigenvalue weighted by atomic mass is 35.5. The third kappa shape index (κ3) is 2.91. The summed E-state index contributed by atoms with van der Waals surface area (Å²) in [6, 6.07) is 3.11. The molecule has 1 aromatic carbocycles. The molecular formula is C16H19Cl2FN2. The van der Waals surface area contributed by atoms with E-state index in [1.54, 1.807) is 6.07 Å². The van der Waals surface area contributed by atoms with Crippen molar-refractivity contribution in [1.29, 1.82) is 0 Å². The lowest BCUT2D eigenvalue weighted by Crippen LogP contribution is -2.21. The summed E-state index contributed by atoms with van der Waals surface area (Å²) in [6.07, 6.45) is 5.65. The van der Waals surface area contributed by atoms with Crippen molar-refractivity contribution >= 4 is 34.2 Å². The van der Waals surface area contributed by atoms with Crippen molar-refractivity contribution in [3.05, 3.63) is 28.8 Å². The summed E-state index contributed by atoms with van der Waals surface area (Å²) in [4.78, 5) is 4.60. The maximum absolute atomic E-state index is 13.8. The second-order valence-corrected chi connectivity index (χ2v) is 7.11. The lowest BCUT2D eigenvalue weighted by molar-refractivity contribution is 0.282. The first-order valence-corrected chi connectivity index (χ1v) is 8.34. The van der Waals surface area contributed by atoms with Crippen molar-refractivity contribution < 1.29 is 4.39 Å². The van der Waals surface area contributed by atoms with E-state index in [1.807, 2.05) is 0 Å². The molecule has 0 aliphatic heterocycles. The Morgan fingerprint density at radius 3 is 2.71 bits per heavy atom. The van der Waals surface area contributed by atoms with E-state index in [-0.39, 0.29) is 16.3 Å². The Morgan fingerprint density at radius 1 is 1.33 bits per heavy atom. The normalized spacial score (nSPS) is 17.7. The van der Waals surface area contributed by atoms with Crippen LogP contribution in [-0.2, 0) is 13.0 Å². The summed E-state index contributed by atoms with van der Waals surface area (Å²) < 4.78 is 16.0. The van der Waals surface area contributed by atoms with Gasteiger partial charge in [-0.2, -0.15) is 0 Å². The van der Waals surface area contributed by atoms with E-state index >= 15 is 0 Å². The fourth-order valence-electron chi connectivity index (χ4n) is 3.39. The van der Waals surface area contributed by atoms with Crippen LogP contribution in [0.3, 0.4) is 0 Å². The van der Waals surface area contributed by atoms with Gasteiger partial charge >= 0.3 is 0 Å². The Bertz CT molecular complexity index is 660. The molecule has 2 nitrogen and oxygen atoms in total. The first-order chi connectivity index (χ1) is 10.0. The molecule has 5 heteroatoms. The van der Waals surface area contributed by atoms with Crippen LogP contribution in [0.2, 0.25) is 5.02 Å². The number of imidazole rings is 1. The summed E-state index contributed by atoms with van der Waals surface area (Å²) >= 11 is 11.8. The highest BCUT2D eigenvalue weighted by molar-refractivity contribution is 6.31. The van der Waals surface area contributed by atoms with Gasteiger partial charge in [0.15, 0.2) is 0 Å². The molecule has 114 valence electrons. The first-order valence-electron chi connectivity index (χ1n) is 7.42. The lowest BCUT2D eigenvalue weighted by Gasteiger charge is -2.25. The molecule has 1 aliphatic rings. The van der Waals surface area contributed by atoms with Gasteiger partial charge in [-0.1, -0.05) is 31.4 Å². The summed E-state index contributed by atoms with van der Waals surface area (Å²) in [6.45, 7) is 3.18. The number of aromatic nitrogens is 2. The largest absolute Gasteiger partial charge is 0.327 e. The molecule has 1 aromatic heterocycles. The number of hydrogen-bond acceptors (Lipinski definition) is 1. The van der Waals surface area contributed by atoms with Crippen LogP contribution in [0.1, 0.15) is 38.4 Å². The molecule has 0 amide bonds. The van der Waals surface area contributed by atoms with Crippen molar-refractivity contribution in [1.82, 2.24) is 9.55 Å². The van der Waals surface area contributed by atoms with E-state index in [2.05, 4.69) is 16.5 Å². The molecule has 0 bridgehead atoms. The molecule has 0 spiro atoms. The zero-order valence-electron chi connectivity index (χ0n) is 12.1. The SMILES string of the molecule is CC1(Cn2c(CCCl)nc3cc(Cl)c(F)cc32)CCCC1. The third-order valence-corrected chi connectivity index (χ3v) is 5.02. The molecule has 0 radical (unpaired) electrons. The fraction of sp³-hybridized carbons (Fsp3) is 0.562. The van der Waals surface area contributed by atoms with Gasteiger partial charge in [0.25, 0.3) is 0 Å². The van der Waals surface area contributed by atoms with Crippen LogP contribution in [-0.4, -0.2) is 15.4 Å². The summed E-state index contributed by atoms with van der Waals surface area (Å²) in [5.41, 5.74) is 1.85. The maximum atomic E-state index is 13.8. The molecule has 1 fully saturated rings. The van der Waals surface area contributed by atoms with Gasteiger partial charge in [0, 0.05) is 24.9 Å². The van der Waals surface area contributed by atoms with E-state index < -0.39 is 0 Å². The minimum atomic E-state index is -0.390. The molecule has 2 aromatic rings. The van der Waals surface area contributed by atoms with Crippen LogP contribution in [0.4, 0.5) is 4.39 Å². The number of aryl methyl sites for hydroxylation is 1. The Balaban J connectivity index is 2.08. The Kier molecular flexibility index (Phi) is 4.15. The number of alkyl halides is 1. The minimum absolute atomic E-state index is 0.122. The zero-order chi connectivity index (χ0) is 15.0. The Hall–Kier alpha value is -0.800. The number of fused-ring (bicyclic) bond motifs is 1. The highest BCUT2D eigenvalue weighted by Crippen LogP contribution is 2.40. The van der Waals surface area contributed by atoms with Crippen molar-refractivity contribution in [2.24, 2.45) is 5.41 Å². The minimum Gasteiger partial charge on any atom is -0.327 e. The Labute approximate surface area is 134 Å². The predicted molar refractivity (Wildman–Crippen MR) is 85.7 cm³/mol. The first kappa shape index (κ1) is 15.1. The zero-order valence-corrected chi connectivity index (χ0v) is 13.6. The second kappa shape index (κ2) is 5.77. The molecule has 1 heterocycles. The van der Waals surface area contributed by atoms with Crippen LogP contribution >= 0.6 is 23.2 Å². The van der Waals surface area contributed by atoms with Crippen LogP contribution in [0, 0.1) is 11.2 Å². The number of hydrogen-bond donors (Lipinski definition) is 0. The van der Waals surface area contributed by atoms with Gasteiger partial charge in [-0.05, 0) is 24.3 Å². The molecule has 0 unspecified atom stereocenters. The molecule has 1 saturated carbocycles. The van der Waals surface area contributed by atoms with Crippen molar-refractivity contribution in [3.63, 3.8) is 0 Å². The van der Waals surface area contributed by atoms with Gasteiger partial charge < -0.3 is 4.57 Å². The summed E-state index contributed by atoms with van der Waals surface area (Å²) in [7, 11) is 0. The van der Waals surface area contributed by atoms with Crippen LogP contribution < -0.4 is 0 Å². The molecule has 0 saturated heterocycles. The molecule has 3 rings (SSSR count). The highest BCUT2D eigenvalue weighted by Gasteiger charge is 2.30. The van der Waals surface area contributed by atoms with Gasteiger partial charge in [0.2, 0.25) is 0 Å². The van der Waals surface area contributed by atoms with Gasteiger partial charge in [0.05, 0.1) is 16.1 Å². The average Bonchev–Trinajstić information content (AvgIpc) is 2.98. The fourth-order valence-corrected chi connectivity index (χ4v) is 3.72. The Morgan fingerprint density at radius 2 is 2.05 bits per heavy atom. The number of halogens is 3. The molecule has 21 heavy (non-hydrogen) atoms. The maximum Gasteiger partial charge on any atom is 0.144 e. The molecule has 0 atom stereocenters. The third-order valence-electron chi connectivity index (χ3n) is 4.54. The van der Waals surface area contributed by atoms with E-state index in [4.69, 9.17) is 23.2 Å². The monoisotopic (exact) mass is 328 g/mol. The van der Waals surface area contributed by atoms with E-state index in [9.17, 15) is 4.39 Å². The van der Waals surface area contributed by atoms with Crippen LogP contribution in [0.15, 0.2) is 12.1 Å². The van der Waals surface area contributed by atoms with Gasteiger partial charge in [-0.3, -0.25) is 0 Å². The van der Waals surface area contributed by atoms with E-state index in [0.717, 1.165) is 23.4 Å². The van der Waals surface area contributed by atoms with Crippen molar-refractivity contribution in [2.75, 3.05) is 5.88 Å². The van der Waals surface area contributed by atoms with Crippen molar-refractivity contribution in [3.8, 4) is 0 Å². The predicted octanol–water partition coefficient (Wildman–Crippen LogP) is 5.19. The second-order valence-electron chi connectivity index (χ2n) is 6.33. The standard InChI is InChI=1S/C16H19Cl2FN2/c1-16(5-2-3-6-16)10-21-14-9-12(19)11(18)8-13(14)20-15(21)4-7-17/h8-9H,2-7,10H2,1H3.